The van der Waals surface area contributed by atoms with E-state index in [9.17, 15) is 13.0 Å². The molecule has 18 rings (SSSR count). The summed E-state index contributed by atoms with van der Waals surface area (Å²) >= 11 is 11.0. The van der Waals surface area contributed by atoms with Crippen molar-refractivity contribution in [1.29, 1.82) is 0 Å². The summed E-state index contributed by atoms with van der Waals surface area (Å²) in [5, 5.41) is 15.9. The summed E-state index contributed by atoms with van der Waals surface area (Å²) in [7, 11) is -4.30. The zero-order valence-electron chi connectivity index (χ0n) is 46.6. The third-order valence-electron chi connectivity index (χ3n) is 16.3. The predicted molar refractivity (Wildman–Crippen MR) is 365 cm³/mol. The van der Waals surface area contributed by atoms with Gasteiger partial charge in [-0.05, 0) is 197 Å². The highest BCUT2D eigenvalue weighted by Crippen LogP contribution is 2.50. The predicted octanol–water partition coefficient (Wildman–Crippen LogP) is 20.8. The second-order valence-electron chi connectivity index (χ2n) is 21.8. The number of ether oxygens (including phenoxy) is 4. The fraction of sp³-hybridized carbons (Fsp3) is 0.167. The summed E-state index contributed by atoms with van der Waals surface area (Å²) in [4.78, 5) is 12.7. The Hall–Kier alpha value is -7.05. The molecule has 8 aromatic carbocycles. The molecule has 0 saturated carbocycles. The van der Waals surface area contributed by atoms with Crippen molar-refractivity contribution >= 4 is 132 Å². The topological polar surface area (TPSA) is 91.3 Å². The molecule has 1 N–H and O–H groups in total. The molecule has 0 unspecified atom stereocenters. The van der Waals surface area contributed by atoms with Crippen LogP contribution in [0.15, 0.2) is 187 Å². The maximum atomic E-state index is 12.1. The average Bonchev–Trinajstić information content (AvgIpc) is 1.98. The van der Waals surface area contributed by atoms with Crippen LogP contribution < -0.4 is 9.47 Å². The first-order valence-corrected chi connectivity index (χ1v) is 35.5. The quantitative estimate of drug-likeness (QED) is 0.0740. The van der Waals surface area contributed by atoms with Crippen molar-refractivity contribution in [2.24, 2.45) is 0 Å². The van der Waals surface area contributed by atoms with E-state index in [1.54, 1.807) is 22.7 Å². The summed E-state index contributed by atoms with van der Waals surface area (Å²) in [6, 6.07) is 63.7. The Labute approximate surface area is 523 Å². The first-order chi connectivity index (χ1) is 42.2. The molecule has 0 saturated heterocycles. The van der Waals surface area contributed by atoms with Crippen LogP contribution in [0.4, 0.5) is 0 Å². The van der Waals surface area contributed by atoms with Gasteiger partial charge >= 0.3 is 0 Å². The van der Waals surface area contributed by atoms with Crippen LogP contribution in [-0.2, 0) is 52.1 Å². The molecule has 4 aliphatic rings. The number of unbranched alkanes of at least 4 members (excludes halogenated alkanes) is 1. The van der Waals surface area contributed by atoms with Gasteiger partial charge in [0.05, 0.1) is 33.0 Å². The molecule has 4 aliphatic heterocycles. The zero-order valence-corrected chi connectivity index (χ0v) is 52.4. The molecule has 10 heterocycles. The molecule has 86 heavy (non-hydrogen) atoms. The second-order valence-corrected chi connectivity index (χ2v) is 29.6. The van der Waals surface area contributed by atoms with Crippen LogP contribution >= 0.6 is 68.0 Å². The minimum Gasteiger partial charge on any atom is -0.493 e. The van der Waals surface area contributed by atoms with E-state index in [2.05, 4.69) is 175 Å². The molecule has 428 valence electrons. The fourth-order valence-corrected chi connectivity index (χ4v) is 18.9. The lowest BCUT2D eigenvalue weighted by atomic mass is 9.90. The largest absolute Gasteiger partial charge is 0.493 e. The first-order valence-electron chi connectivity index (χ1n) is 28.9. The molecule has 7 nitrogen and oxygen atoms in total. The molecule has 6 aromatic heterocycles. The molecule has 14 aromatic rings. The van der Waals surface area contributed by atoms with Crippen molar-refractivity contribution < 1.29 is 31.9 Å². The van der Waals surface area contributed by atoms with Crippen molar-refractivity contribution in [3.05, 3.63) is 215 Å². The Kier molecular flexibility index (Phi) is 15.4. The summed E-state index contributed by atoms with van der Waals surface area (Å²) in [5.41, 5.74) is 7.62. The van der Waals surface area contributed by atoms with Crippen LogP contribution in [0, 0.1) is 0 Å². The standard InChI is InChI=1S/C72H56O7S7/c73-86(74,75)37-34-79-58-24-19-51-39-45-12-21-56(51)70(58)69-55-20-11-44(38-50(55)18-23-57(69)78-31-2-1-6-46-13-14-49-16-15-47-7-3-8-48-17-22-54(46)68(49)67(47)48)42-76-32-29-52-40-65(59-9-4-35-80-59)84-71(52)63-27-25-61(82-63)62-26-28-64(83-62)72-53(30-33-77-43-45)41-66(85-72)60-10-5-36-81-60/h3-5,7-28,35-36,38-41H,1-2,6,29-34,37,42-43H2,(H,73,74,75). The van der Waals surface area contributed by atoms with Crippen LogP contribution in [0.2, 0.25) is 0 Å². The van der Waals surface area contributed by atoms with Gasteiger partial charge in [-0.2, -0.15) is 8.42 Å². The minimum absolute atomic E-state index is 0.236. The minimum atomic E-state index is -4.30. The van der Waals surface area contributed by atoms with E-state index in [0.29, 0.717) is 44.5 Å². The van der Waals surface area contributed by atoms with Crippen LogP contribution in [0.25, 0.3) is 114 Å². The molecule has 12 bridgehead atoms. The lowest BCUT2D eigenvalue weighted by Gasteiger charge is -2.20. The molecular weight excluding hydrogens is 1200 g/mol. The van der Waals surface area contributed by atoms with Gasteiger partial charge in [0, 0.05) is 59.9 Å². The normalized spacial score (nSPS) is 13.4. The molecular formula is C72H56O7S7. The van der Waals surface area contributed by atoms with Crippen LogP contribution in [-0.4, -0.2) is 45.2 Å². The molecule has 0 amide bonds. The van der Waals surface area contributed by atoms with E-state index in [1.165, 1.54) is 97.8 Å². The number of thiophene rings is 6. The first kappa shape index (κ1) is 55.5. The molecule has 0 aliphatic carbocycles. The lowest BCUT2D eigenvalue weighted by Crippen LogP contribution is -2.13. The number of hydrogen-bond donors (Lipinski definition) is 1. The van der Waals surface area contributed by atoms with Gasteiger partial charge in [0.15, 0.2) is 0 Å². The number of rotatable bonds is 12. The van der Waals surface area contributed by atoms with Gasteiger partial charge in [-0.3, -0.25) is 4.55 Å². The van der Waals surface area contributed by atoms with Crippen LogP contribution in [0.5, 0.6) is 11.5 Å². The van der Waals surface area contributed by atoms with E-state index in [0.717, 1.165) is 75.9 Å². The van der Waals surface area contributed by atoms with Gasteiger partial charge < -0.3 is 18.9 Å². The van der Waals surface area contributed by atoms with Crippen molar-refractivity contribution in [3.63, 3.8) is 0 Å². The second kappa shape index (κ2) is 23.9. The highest BCUT2D eigenvalue weighted by Gasteiger charge is 2.23. The third kappa shape index (κ3) is 11.2. The molecule has 0 spiro atoms. The van der Waals surface area contributed by atoms with Crippen molar-refractivity contribution in [2.45, 2.75) is 45.3 Å². The summed E-state index contributed by atoms with van der Waals surface area (Å²) < 4.78 is 60.6. The number of hydrogen-bond acceptors (Lipinski definition) is 12. The SMILES string of the molecule is O=S(=O)(O)CCOc1ccc2cc3ccc2c1-c1c(OCCCCc2ccc4ccc5cccc6ccc2c4c56)ccc2cc(ccc12)COCCc1cc(-c2cccs2)sc1-c1ccc(s1)-c1ccc(s1)-c1sc(-c2cccs2)cc1CCOC3. The summed E-state index contributed by atoms with van der Waals surface area (Å²) in [6.45, 7) is 2.19. The number of aryl methyl sites for hydroxylation is 1. The highest BCUT2D eigenvalue weighted by molar-refractivity contribution is 7.85. The number of benzene rings is 8. The molecule has 0 fully saturated rings. The van der Waals surface area contributed by atoms with E-state index < -0.39 is 15.9 Å². The van der Waals surface area contributed by atoms with Gasteiger partial charge in [-0.1, -0.05) is 103 Å². The molecule has 14 heteroatoms. The fourth-order valence-electron chi connectivity index (χ4n) is 12.2. The maximum Gasteiger partial charge on any atom is 0.268 e. The molecule has 0 atom stereocenters. The van der Waals surface area contributed by atoms with E-state index in [4.69, 9.17) is 18.9 Å². The Balaban J connectivity index is 0.779. The van der Waals surface area contributed by atoms with Crippen LogP contribution in [0.1, 0.15) is 40.7 Å². The van der Waals surface area contributed by atoms with E-state index >= 15 is 0 Å². The van der Waals surface area contributed by atoms with Gasteiger partial charge in [0.25, 0.3) is 10.1 Å². The monoisotopic (exact) mass is 1260 g/mol. The van der Waals surface area contributed by atoms with Gasteiger partial charge in [0.1, 0.15) is 23.9 Å². The van der Waals surface area contributed by atoms with Crippen molar-refractivity contribution in [3.8, 4) is 71.4 Å². The molecule has 0 radical (unpaired) electrons. The van der Waals surface area contributed by atoms with E-state index in [1.807, 2.05) is 57.5 Å². The van der Waals surface area contributed by atoms with Crippen molar-refractivity contribution in [2.75, 3.05) is 32.2 Å². The Bertz CT molecular complexity index is 4870. The zero-order chi connectivity index (χ0) is 57.7. The van der Waals surface area contributed by atoms with E-state index in [-0.39, 0.29) is 6.61 Å². The van der Waals surface area contributed by atoms with Crippen molar-refractivity contribution in [1.82, 2.24) is 0 Å². The Morgan fingerprint density at radius 2 is 0.953 bits per heavy atom. The van der Waals surface area contributed by atoms with Gasteiger partial charge in [-0.25, -0.2) is 0 Å². The third-order valence-corrected chi connectivity index (χ3v) is 24.2. The highest BCUT2D eigenvalue weighted by atomic mass is 32.2. The maximum absolute atomic E-state index is 12.1. The van der Waals surface area contributed by atoms with Gasteiger partial charge in [-0.15, -0.1) is 68.0 Å². The smallest absolute Gasteiger partial charge is 0.268 e. The average molecular weight is 1260 g/mol. The Morgan fingerprint density at radius 1 is 0.442 bits per heavy atom. The lowest BCUT2D eigenvalue weighted by molar-refractivity contribution is 0.124. The Morgan fingerprint density at radius 3 is 1.51 bits per heavy atom. The van der Waals surface area contributed by atoms with Gasteiger partial charge in [0.2, 0.25) is 0 Å². The summed E-state index contributed by atoms with van der Waals surface area (Å²) in [6.07, 6.45) is 4.19. The summed E-state index contributed by atoms with van der Waals surface area (Å²) in [5.74, 6) is 0.636. The van der Waals surface area contributed by atoms with Crippen LogP contribution in [0.3, 0.4) is 0 Å².